The van der Waals surface area contributed by atoms with Crippen LogP contribution < -0.4 is 15.3 Å². The summed E-state index contributed by atoms with van der Waals surface area (Å²) in [5.74, 6) is -0.351. The summed E-state index contributed by atoms with van der Waals surface area (Å²) in [5.41, 5.74) is 3.24. The van der Waals surface area contributed by atoms with E-state index in [9.17, 15) is 9.36 Å². The van der Waals surface area contributed by atoms with Gasteiger partial charge in [-0.05, 0) is 70.9 Å². The van der Waals surface area contributed by atoms with Crippen molar-refractivity contribution in [2.45, 2.75) is 66.5 Å². The zero-order valence-electron chi connectivity index (χ0n) is 18.0. The maximum atomic E-state index is 13.5. The van der Waals surface area contributed by atoms with Crippen molar-refractivity contribution in [3.8, 4) is 5.69 Å². The molecule has 3 atom stereocenters. The van der Waals surface area contributed by atoms with E-state index in [4.69, 9.17) is 0 Å². The Labute approximate surface area is 182 Å². The topological polar surface area (TPSA) is 75.2 Å². The van der Waals surface area contributed by atoms with Crippen molar-refractivity contribution in [3.63, 3.8) is 0 Å². The molecular formula is C21H32BrN4O2P. The predicted molar refractivity (Wildman–Crippen MR) is 124 cm³/mol. The quantitative estimate of drug-likeness (QED) is 0.414. The number of carbonyl (C=O) groups is 1. The molecule has 0 aliphatic rings. The number of hydrogen-bond acceptors (Lipinski definition) is 2. The number of hydrogen-bond donors (Lipinski definition) is 3. The lowest BCUT2D eigenvalue weighted by Gasteiger charge is -2.27. The third-order valence-electron chi connectivity index (χ3n) is 5.05. The summed E-state index contributed by atoms with van der Waals surface area (Å²) in [5, 5.41) is 8.93. The van der Waals surface area contributed by atoms with Crippen molar-refractivity contribution < 1.29 is 9.36 Å². The molecule has 0 radical (unpaired) electrons. The number of carbonyl (C=O) groups excluding carboxylic acids is 1. The van der Waals surface area contributed by atoms with Crippen LogP contribution in [0.5, 0.6) is 0 Å². The van der Waals surface area contributed by atoms with E-state index in [1.54, 1.807) is 0 Å². The van der Waals surface area contributed by atoms with Crippen LogP contribution in [0.1, 0.15) is 62.3 Å². The molecule has 0 aliphatic heterocycles. The number of aromatic nitrogens is 1. The molecule has 1 unspecified atom stereocenters. The van der Waals surface area contributed by atoms with Crippen LogP contribution in [0.25, 0.3) is 5.69 Å². The lowest BCUT2D eigenvalue weighted by atomic mass is 10.2. The van der Waals surface area contributed by atoms with Crippen LogP contribution in [0.15, 0.2) is 34.8 Å². The Morgan fingerprint density at radius 3 is 2.07 bits per heavy atom. The van der Waals surface area contributed by atoms with Crippen LogP contribution >= 0.6 is 23.5 Å². The Balaban J connectivity index is 2.33. The van der Waals surface area contributed by atoms with Crippen molar-refractivity contribution in [1.29, 1.82) is 0 Å². The number of nitrogens with one attached hydrogen (secondary N) is 3. The van der Waals surface area contributed by atoms with Crippen LogP contribution in [0, 0.1) is 13.8 Å². The molecule has 6 nitrogen and oxygen atoms in total. The monoisotopic (exact) mass is 482 g/mol. The summed E-state index contributed by atoms with van der Waals surface area (Å²) in [6.45, 7) is 11.8. The van der Waals surface area contributed by atoms with Gasteiger partial charge in [0.15, 0.2) is 0 Å². The van der Waals surface area contributed by atoms with Gasteiger partial charge >= 0.3 is 7.59 Å². The number of amides is 1. The first-order valence-electron chi connectivity index (χ1n) is 10.0. The molecule has 1 aromatic carbocycles. The first-order valence-corrected chi connectivity index (χ1v) is 12.5. The summed E-state index contributed by atoms with van der Waals surface area (Å²) in [7, 11) is -3.31. The van der Waals surface area contributed by atoms with Crippen LogP contribution in [-0.4, -0.2) is 22.6 Å². The normalized spacial score (nSPS) is 15.6. The largest absolute Gasteiger partial charge is 0.318 e. The SMILES string of the molecule is CC[C@@H](C)NP(=O)(NC(=O)c1cc(C)n(-c2ccc(Br)cc2)c1C)N[C@@H](C)CC. The lowest BCUT2D eigenvalue weighted by Crippen LogP contribution is -2.41. The highest BCUT2D eigenvalue weighted by Gasteiger charge is 2.29. The van der Waals surface area contributed by atoms with Crippen molar-refractivity contribution in [1.82, 2.24) is 19.8 Å². The minimum Gasteiger partial charge on any atom is -0.318 e. The highest BCUT2D eigenvalue weighted by Crippen LogP contribution is 2.34. The van der Waals surface area contributed by atoms with Crippen LogP contribution in [-0.2, 0) is 4.57 Å². The van der Waals surface area contributed by atoms with Crippen molar-refractivity contribution >= 4 is 29.4 Å². The van der Waals surface area contributed by atoms with E-state index in [-0.39, 0.29) is 18.0 Å². The molecule has 0 saturated carbocycles. The number of benzene rings is 1. The van der Waals surface area contributed by atoms with Gasteiger partial charge in [0.25, 0.3) is 5.91 Å². The van der Waals surface area contributed by atoms with Gasteiger partial charge < -0.3 is 4.57 Å². The summed E-state index contributed by atoms with van der Waals surface area (Å²) < 4.78 is 16.5. The van der Waals surface area contributed by atoms with Gasteiger partial charge in [0.1, 0.15) is 0 Å². The van der Waals surface area contributed by atoms with E-state index in [2.05, 4.69) is 31.2 Å². The first-order chi connectivity index (χ1) is 13.6. The Bertz CT molecular complexity index is 879. The fraction of sp³-hybridized carbons (Fsp3) is 0.476. The number of nitrogens with zero attached hydrogens (tertiary/aromatic N) is 1. The fourth-order valence-electron chi connectivity index (χ4n) is 3.09. The molecule has 0 aliphatic carbocycles. The van der Waals surface area contributed by atoms with Crippen LogP contribution in [0.3, 0.4) is 0 Å². The molecule has 1 amide bonds. The van der Waals surface area contributed by atoms with E-state index in [0.717, 1.165) is 34.4 Å². The van der Waals surface area contributed by atoms with Gasteiger partial charge in [0.05, 0.1) is 5.56 Å². The summed E-state index contributed by atoms with van der Waals surface area (Å²) in [6.07, 6.45) is 1.61. The molecule has 29 heavy (non-hydrogen) atoms. The predicted octanol–water partition coefficient (Wildman–Crippen LogP) is 5.47. The standard InChI is InChI=1S/C21H32BrN4O2P/c1-7-14(3)23-29(28,24-15(4)8-2)25-21(27)20-13-16(5)26(17(20)6)19-11-9-18(22)10-12-19/h9-15H,7-8H2,1-6H3,(H3,23,24,25,27,28)/t14-,15+,29?. The summed E-state index contributed by atoms with van der Waals surface area (Å²) in [4.78, 5) is 13.1. The van der Waals surface area contributed by atoms with Gasteiger partial charge in [-0.3, -0.25) is 14.4 Å². The lowest BCUT2D eigenvalue weighted by molar-refractivity contribution is 0.0978. The Morgan fingerprint density at radius 2 is 1.59 bits per heavy atom. The molecule has 3 N–H and O–H groups in total. The van der Waals surface area contributed by atoms with Gasteiger partial charge in [-0.2, -0.15) is 0 Å². The summed E-state index contributed by atoms with van der Waals surface area (Å²) in [6, 6.07) is 9.77. The second-order valence-electron chi connectivity index (χ2n) is 7.52. The van der Waals surface area contributed by atoms with E-state index >= 15 is 0 Å². The molecule has 0 bridgehead atoms. The number of rotatable bonds is 9. The molecule has 1 aromatic heterocycles. The molecule has 0 fully saturated rings. The molecule has 0 saturated heterocycles. The van der Waals surface area contributed by atoms with E-state index in [1.165, 1.54) is 0 Å². The maximum Gasteiger partial charge on any atom is 0.306 e. The minimum absolute atomic E-state index is 0.00730. The third kappa shape index (κ3) is 6.05. The van der Waals surface area contributed by atoms with Crippen molar-refractivity contribution in [2.24, 2.45) is 0 Å². The minimum atomic E-state index is -3.31. The van der Waals surface area contributed by atoms with Crippen molar-refractivity contribution in [3.05, 3.63) is 51.8 Å². The van der Waals surface area contributed by atoms with E-state index in [0.29, 0.717) is 5.56 Å². The fourth-order valence-corrected chi connectivity index (χ4v) is 5.57. The number of aryl methyl sites for hydroxylation is 1. The molecular weight excluding hydrogens is 451 g/mol. The van der Waals surface area contributed by atoms with Crippen LogP contribution in [0.2, 0.25) is 0 Å². The molecule has 1 heterocycles. The van der Waals surface area contributed by atoms with E-state index < -0.39 is 7.59 Å². The summed E-state index contributed by atoms with van der Waals surface area (Å²) >= 11 is 3.45. The van der Waals surface area contributed by atoms with Gasteiger partial charge in [-0.1, -0.05) is 29.8 Å². The Hall–Kier alpha value is -1.40. The van der Waals surface area contributed by atoms with Crippen LogP contribution in [0.4, 0.5) is 0 Å². The third-order valence-corrected chi connectivity index (χ3v) is 7.70. The molecule has 160 valence electrons. The average Bonchev–Trinajstić information content (AvgIpc) is 2.96. The van der Waals surface area contributed by atoms with Crippen molar-refractivity contribution in [2.75, 3.05) is 0 Å². The maximum absolute atomic E-state index is 13.5. The zero-order chi connectivity index (χ0) is 21.8. The van der Waals surface area contributed by atoms with Gasteiger partial charge in [0.2, 0.25) is 0 Å². The molecule has 8 heteroatoms. The molecule has 2 aromatic rings. The molecule has 2 rings (SSSR count). The average molecular weight is 483 g/mol. The highest BCUT2D eigenvalue weighted by atomic mass is 79.9. The smallest absolute Gasteiger partial charge is 0.306 e. The Morgan fingerprint density at radius 1 is 1.07 bits per heavy atom. The van der Waals surface area contributed by atoms with Gasteiger partial charge in [0, 0.05) is 33.6 Å². The second kappa shape index (κ2) is 10.1. The first kappa shape index (κ1) is 23.9. The Kier molecular flexibility index (Phi) is 8.29. The van der Waals surface area contributed by atoms with E-state index in [1.807, 2.05) is 76.4 Å². The van der Waals surface area contributed by atoms with Gasteiger partial charge in [-0.15, -0.1) is 0 Å². The van der Waals surface area contributed by atoms with Gasteiger partial charge in [-0.25, -0.2) is 10.2 Å². The number of halogens is 1. The second-order valence-corrected chi connectivity index (χ2v) is 10.4. The zero-order valence-corrected chi connectivity index (χ0v) is 20.5. The highest BCUT2D eigenvalue weighted by molar-refractivity contribution is 9.10. The molecule has 0 spiro atoms.